The average molecular weight is 478 g/mol. The zero-order chi connectivity index (χ0) is 17.4. The van der Waals surface area contributed by atoms with E-state index in [0.29, 0.717) is 25.6 Å². The molecule has 1 atom stereocenters. The van der Waals surface area contributed by atoms with Crippen molar-refractivity contribution >= 4 is 47.2 Å². The summed E-state index contributed by atoms with van der Waals surface area (Å²) >= 11 is 1.77. The number of hydrogen-bond donors (Lipinski definition) is 2. The molecule has 0 bridgehead atoms. The van der Waals surface area contributed by atoms with Crippen molar-refractivity contribution in [2.75, 3.05) is 19.6 Å². The van der Waals surface area contributed by atoms with E-state index in [1.807, 2.05) is 11.8 Å². The molecule has 7 heteroatoms. The Balaban J connectivity index is 0.00000312. The molecule has 1 fully saturated rings. The van der Waals surface area contributed by atoms with E-state index in [1.54, 1.807) is 11.3 Å². The van der Waals surface area contributed by atoms with Crippen LogP contribution in [0.15, 0.2) is 17.1 Å². The molecular formula is C18H31IN4OS. The summed E-state index contributed by atoms with van der Waals surface area (Å²) in [5.74, 6) is 1.03. The van der Waals surface area contributed by atoms with Crippen molar-refractivity contribution < 1.29 is 4.79 Å². The van der Waals surface area contributed by atoms with E-state index < -0.39 is 0 Å². The summed E-state index contributed by atoms with van der Waals surface area (Å²) in [6.45, 7) is 9.32. The Kier molecular flexibility index (Phi) is 10.4. The summed E-state index contributed by atoms with van der Waals surface area (Å²) in [5.41, 5.74) is 0. The van der Waals surface area contributed by atoms with Gasteiger partial charge >= 0.3 is 0 Å². The molecule has 0 spiro atoms. The van der Waals surface area contributed by atoms with Gasteiger partial charge in [-0.15, -0.1) is 35.3 Å². The Labute approximate surface area is 172 Å². The van der Waals surface area contributed by atoms with Gasteiger partial charge in [0.1, 0.15) is 0 Å². The number of halogens is 1. The van der Waals surface area contributed by atoms with Crippen LogP contribution in [-0.4, -0.2) is 42.4 Å². The van der Waals surface area contributed by atoms with E-state index in [9.17, 15) is 4.79 Å². The first-order valence-corrected chi connectivity index (χ1v) is 9.78. The molecule has 0 aromatic carbocycles. The number of rotatable bonds is 6. The third kappa shape index (κ3) is 7.52. The molecule has 5 nitrogen and oxygen atoms in total. The van der Waals surface area contributed by atoms with E-state index in [2.05, 4.69) is 41.6 Å². The minimum atomic E-state index is 0. The summed E-state index contributed by atoms with van der Waals surface area (Å²) in [6, 6.07) is 4.62. The summed E-state index contributed by atoms with van der Waals surface area (Å²) in [7, 11) is 0. The fraction of sp³-hybridized carbons (Fsp3) is 0.667. The predicted molar refractivity (Wildman–Crippen MR) is 117 cm³/mol. The molecule has 0 radical (unpaired) electrons. The van der Waals surface area contributed by atoms with Crippen molar-refractivity contribution in [1.29, 1.82) is 0 Å². The molecular weight excluding hydrogens is 447 g/mol. The van der Waals surface area contributed by atoms with Gasteiger partial charge in [-0.3, -0.25) is 4.79 Å². The van der Waals surface area contributed by atoms with Gasteiger partial charge in [0.2, 0.25) is 5.91 Å². The number of guanidine groups is 1. The number of aryl methyl sites for hydroxylation is 1. The Morgan fingerprint density at radius 1 is 1.36 bits per heavy atom. The van der Waals surface area contributed by atoms with Gasteiger partial charge in [-0.1, -0.05) is 0 Å². The molecule has 0 aliphatic carbocycles. The van der Waals surface area contributed by atoms with Gasteiger partial charge in [0.15, 0.2) is 5.96 Å². The van der Waals surface area contributed by atoms with Crippen LogP contribution in [0.25, 0.3) is 0 Å². The first kappa shape index (κ1) is 22.2. The molecule has 1 aliphatic rings. The number of thiophene rings is 1. The van der Waals surface area contributed by atoms with Gasteiger partial charge < -0.3 is 15.5 Å². The molecule has 2 N–H and O–H groups in total. The number of amides is 1. The van der Waals surface area contributed by atoms with Crippen molar-refractivity contribution in [2.24, 2.45) is 4.99 Å². The average Bonchev–Trinajstić information content (AvgIpc) is 2.98. The van der Waals surface area contributed by atoms with Crippen LogP contribution in [-0.2, 0) is 11.3 Å². The second kappa shape index (κ2) is 11.7. The molecule has 1 aromatic heterocycles. The molecule has 1 aliphatic heterocycles. The van der Waals surface area contributed by atoms with E-state index in [0.717, 1.165) is 31.9 Å². The van der Waals surface area contributed by atoms with Crippen molar-refractivity contribution in [2.45, 2.75) is 59.0 Å². The standard InChI is InChI=1S/C18H30N4OS.HI/c1-4-19-18(21-13-16-9-8-15(3)24-16)20-11-10-17(23)22-12-6-5-7-14(22)2;/h8-9,14H,4-7,10-13H2,1-3H3,(H2,19,20,21);1H. The molecule has 25 heavy (non-hydrogen) atoms. The Hall–Kier alpha value is -0.830. The monoisotopic (exact) mass is 478 g/mol. The van der Waals surface area contributed by atoms with Crippen LogP contribution in [0.2, 0.25) is 0 Å². The maximum absolute atomic E-state index is 12.4. The highest BCUT2D eigenvalue weighted by Crippen LogP contribution is 2.17. The second-order valence-electron chi connectivity index (χ2n) is 6.32. The summed E-state index contributed by atoms with van der Waals surface area (Å²) in [6.07, 6.45) is 4.02. The van der Waals surface area contributed by atoms with E-state index in [1.165, 1.54) is 16.2 Å². The molecule has 1 amide bonds. The number of likely N-dealkylation sites (tertiary alicyclic amines) is 1. The van der Waals surface area contributed by atoms with Gasteiger partial charge in [0.05, 0.1) is 6.54 Å². The normalized spacial score (nSPS) is 17.8. The number of hydrogen-bond acceptors (Lipinski definition) is 3. The maximum atomic E-state index is 12.4. The van der Waals surface area contributed by atoms with E-state index in [-0.39, 0.29) is 29.9 Å². The highest BCUT2D eigenvalue weighted by atomic mass is 127. The Bertz CT molecular complexity index is 561. The maximum Gasteiger partial charge on any atom is 0.224 e. The zero-order valence-electron chi connectivity index (χ0n) is 15.5. The van der Waals surface area contributed by atoms with Crippen LogP contribution in [0.1, 0.15) is 49.3 Å². The predicted octanol–water partition coefficient (Wildman–Crippen LogP) is 3.52. The first-order chi connectivity index (χ1) is 11.6. The lowest BCUT2D eigenvalue weighted by atomic mass is 10.0. The molecule has 0 saturated carbocycles. The first-order valence-electron chi connectivity index (χ1n) is 8.97. The highest BCUT2D eigenvalue weighted by molar-refractivity contribution is 14.0. The number of aliphatic imine (C=N–C) groups is 1. The largest absolute Gasteiger partial charge is 0.357 e. The highest BCUT2D eigenvalue weighted by Gasteiger charge is 2.22. The fourth-order valence-corrected chi connectivity index (χ4v) is 3.78. The third-order valence-electron chi connectivity index (χ3n) is 4.29. The Morgan fingerprint density at radius 3 is 2.80 bits per heavy atom. The quantitative estimate of drug-likeness (QED) is 0.374. The number of piperidine rings is 1. The summed E-state index contributed by atoms with van der Waals surface area (Å²) in [4.78, 5) is 21.5. The number of carbonyl (C=O) groups is 1. The molecule has 1 aromatic rings. The Morgan fingerprint density at radius 2 is 2.16 bits per heavy atom. The van der Waals surface area contributed by atoms with Crippen molar-refractivity contribution in [3.63, 3.8) is 0 Å². The lowest BCUT2D eigenvalue weighted by Gasteiger charge is -2.33. The zero-order valence-corrected chi connectivity index (χ0v) is 18.7. The lowest BCUT2D eigenvalue weighted by Crippen LogP contribution is -2.44. The van der Waals surface area contributed by atoms with Crippen LogP contribution in [0, 0.1) is 6.92 Å². The van der Waals surface area contributed by atoms with Gasteiger partial charge in [0, 0.05) is 41.9 Å². The van der Waals surface area contributed by atoms with Crippen molar-refractivity contribution in [3.05, 3.63) is 21.9 Å². The van der Waals surface area contributed by atoms with E-state index >= 15 is 0 Å². The van der Waals surface area contributed by atoms with Crippen LogP contribution in [0.4, 0.5) is 0 Å². The van der Waals surface area contributed by atoms with Crippen LogP contribution >= 0.6 is 35.3 Å². The number of nitrogens with one attached hydrogen (secondary N) is 2. The van der Waals surface area contributed by atoms with Crippen molar-refractivity contribution in [1.82, 2.24) is 15.5 Å². The minimum Gasteiger partial charge on any atom is -0.357 e. The minimum absolute atomic E-state index is 0. The van der Waals surface area contributed by atoms with Crippen LogP contribution in [0.3, 0.4) is 0 Å². The fourth-order valence-electron chi connectivity index (χ4n) is 2.97. The van der Waals surface area contributed by atoms with Crippen LogP contribution in [0.5, 0.6) is 0 Å². The van der Waals surface area contributed by atoms with Crippen LogP contribution < -0.4 is 10.6 Å². The van der Waals surface area contributed by atoms with Gasteiger partial charge in [-0.05, 0) is 52.2 Å². The van der Waals surface area contributed by atoms with Crippen molar-refractivity contribution in [3.8, 4) is 0 Å². The smallest absolute Gasteiger partial charge is 0.224 e. The SMILES string of the molecule is CCNC(=NCc1ccc(C)s1)NCCC(=O)N1CCCCC1C.I. The summed E-state index contributed by atoms with van der Waals surface area (Å²) < 4.78 is 0. The lowest BCUT2D eigenvalue weighted by molar-refractivity contribution is -0.134. The van der Waals surface area contributed by atoms with Gasteiger partial charge in [0.25, 0.3) is 0 Å². The molecule has 1 unspecified atom stereocenters. The topological polar surface area (TPSA) is 56.7 Å². The molecule has 2 heterocycles. The molecule has 2 rings (SSSR count). The van der Waals surface area contributed by atoms with Gasteiger partial charge in [-0.2, -0.15) is 0 Å². The van der Waals surface area contributed by atoms with Gasteiger partial charge in [-0.25, -0.2) is 4.99 Å². The second-order valence-corrected chi connectivity index (χ2v) is 7.69. The van der Waals surface area contributed by atoms with E-state index in [4.69, 9.17) is 0 Å². The number of carbonyl (C=O) groups excluding carboxylic acids is 1. The summed E-state index contributed by atoms with van der Waals surface area (Å²) in [5, 5.41) is 6.52. The molecule has 142 valence electrons. The number of nitrogens with zero attached hydrogens (tertiary/aromatic N) is 2. The third-order valence-corrected chi connectivity index (χ3v) is 5.27. The molecule has 1 saturated heterocycles.